The van der Waals surface area contributed by atoms with E-state index in [-0.39, 0.29) is 36.2 Å². The molecule has 4 nitrogen and oxygen atoms in total. The molecule has 0 N–H and O–H groups in total. The van der Waals surface area contributed by atoms with Gasteiger partial charge in [-0.3, -0.25) is 5.26 Å². The topological polar surface area (TPSA) is 95.2 Å². The van der Waals surface area contributed by atoms with Gasteiger partial charge in [0.2, 0.25) is 0 Å². The van der Waals surface area contributed by atoms with E-state index in [0.29, 0.717) is 5.56 Å². The molecule has 0 saturated heterocycles. The molecular weight excluding hydrogens is 693 g/mol. The third kappa shape index (κ3) is 10.1. The minimum atomic E-state index is -0.877. The SMILES string of the molecule is Cc1c(C)c(C)[c-](C)c1C.N#C[C-]=C(C#N)C(=C(C#N)C#N)c1ccccc1.[Ru+6].c1ccc([PH+](c2ccccc2)c2ccccc2)cc1. The van der Waals surface area contributed by atoms with Gasteiger partial charge in [-0.25, -0.2) is 5.26 Å². The Morgan fingerprint density at radius 3 is 1.19 bits per heavy atom. The van der Waals surface area contributed by atoms with Crippen LogP contribution in [0.3, 0.4) is 0 Å². The second kappa shape index (κ2) is 20.1. The number of nitrogens with zero attached hydrogens (tertiary/aromatic N) is 4. The number of allylic oxidation sites excluding steroid dienone is 4. The summed E-state index contributed by atoms with van der Waals surface area (Å²) >= 11 is 0. The number of hydrogen-bond donors (Lipinski definition) is 0. The van der Waals surface area contributed by atoms with Gasteiger partial charge in [-0.1, -0.05) is 143 Å². The van der Waals surface area contributed by atoms with Gasteiger partial charge in [0.05, 0.1) is 25.6 Å². The molecule has 0 aliphatic rings. The molecule has 5 aromatic carbocycles. The van der Waals surface area contributed by atoms with E-state index in [0.717, 1.165) is 0 Å². The second-order valence-corrected chi connectivity index (χ2v) is 13.1. The van der Waals surface area contributed by atoms with Crippen LogP contribution in [0.4, 0.5) is 0 Å². The van der Waals surface area contributed by atoms with Crippen molar-refractivity contribution in [2.75, 3.05) is 0 Å². The zero-order chi connectivity index (χ0) is 34.2. The van der Waals surface area contributed by atoms with E-state index in [9.17, 15) is 0 Å². The van der Waals surface area contributed by atoms with Crippen LogP contribution in [0.2, 0.25) is 0 Å². The van der Waals surface area contributed by atoms with Gasteiger partial charge in [-0.2, -0.15) is 38.3 Å². The zero-order valence-corrected chi connectivity index (χ0v) is 30.4. The molecule has 0 saturated carbocycles. The van der Waals surface area contributed by atoms with E-state index in [1.807, 2.05) is 0 Å². The van der Waals surface area contributed by atoms with Crippen LogP contribution in [0.5, 0.6) is 0 Å². The molecule has 0 spiro atoms. The zero-order valence-electron chi connectivity index (χ0n) is 27.7. The van der Waals surface area contributed by atoms with Crippen molar-refractivity contribution < 1.29 is 19.5 Å². The molecule has 5 rings (SSSR count). The minimum Gasteiger partial charge on any atom is -0.285 e. The Kier molecular flexibility index (Phi) is 16.3. The number of benzene rings is 4. The fraction of sp³-hybridized carbons (Fsp3) is 0.119. The molecule has 0 heterocycles. The quantitative estimate of drug-likeness (QED) is 0.0598. The molecule has 232 valence electrons. The number of nitriles is 4. The molecule has 48 heavy (non-hydrogen) atoms. The maximum absolute atomic E-state index is 8.98. The molecule has 0 aliphatic carbocycles. The van der Waals surface area contributed by atoms with E-state index in [4.69, 9.17) is 21.0 Å². The molecular formula is C42H36N4PRu+5. The van der Waals surface area contributed by atoms with Crippen molar-refractivity contribution in [3.63, 3.8) is 0 Å². The maximum atomic E-state index is 8.98. The molecule has 5 aromatic rings. The van der Waals surface area contributed by atoms with Gasteiger partial charge in [0.1, 0.15) is 15.9 Å². The Labute approximate surface area is 299 Å². The molecule has 0 amide bonds. The van der Waals surface area contributed by atoms with Crippen LogP contribution in [-0.4, -0.2) is 0 Å². The Morgan fingerprint density at radius 2 is 0.917 bits per heavy atom. The van der Waals surface area contributed by atoms with Crippen molar-refractivity contribution in [3.8, 4) is 24.3 Å². The maximum Gasteiger partial charge on any atom is 6.00 e. The first-order chi connectivity index (χ1) is 22.8. The van der Waals surface area contributed by atoms with E-state index in [1.165, 1.54) is 43.7 Å². The fourth-order valence-electron chi connectivity index (χ4n) is 5.08. The van der Waals surface area contributed by atoms with Crippen molar-refractivity contribution in [2.24, 2.45) is 0 Å². The fourth-order valence-corrected chi connectivity index (χ4v) is 7.66. The first-order valence-corrected chi connectivity index (χ1v) is 16.5. The van der Waals surface area contributed by atoms with Gasteiger partial charge in [-0.05, 0) is 36.4 Å². The van der Waals surface area contributed by atoms with Gasteiger partial charge in [0, 0.05) is 6.07 Å². The summed E-state index contributed by atoms with van der Waals surface area (Å²) < 4.78 is 0. The standard InChI is InChI=1S/C18H15P.C14H5N4.C10H15.Ru/c1-4-10-16(11-5-1)19(17-12-6-2-7-13-17)18-14-8-3-9-15-18;15-7-6-12(8-16)14(13(9-17)10-18)11-4-2-1-3-5-11;1-6-7(2)9(4)10(5)8(6)3;/h1-15H;1-5H;1-5H3;/q;2*-1;+6/p+1. The number of rotatable bonds is 5. The summed E-state index contributed by atoms with van der Waals surface area (Å²) in [6, 6.07) is 47.8. The van der Waals surface area contributed by atoms with Crippen molar-refractivity contribution in [3.05, 3.63) is 172 Å². The van der Waals surface area contributed by atoms with Gasteiger partial charge in [0.15, 0.2) is 0 Å². The monoisotopic (exact) mass is 729 g/mol. The molecule has 0 aromatic heterocycles. The molecule has 0 aliphatic heterocycles. The number of hydrogen-bond acceptors (Lipinski definition) is 4. The average Bonchev–Trinajstić information content (AvgIpc) is 3.29. The summed E-state index contributed by atoms with van der Waals surface area (Å²) in [7, 11) is -0.877. The summed E-state index contributed by atoms with van der Waals surface area (Å²) in [4.78, 5) is 0. The van der Waals surface area contributed by atoms with Crippen LogP contribution in [0.15, 0.2) is 132 Å². The largest absolute Gasteiger partial charge is 6.00 e. The molecule has 0 radical (unpaired) electrons. The van der Waals surface area contributed by atoms with Crippen LogP contribution in [0, 0.1) is 86.0 Å². The van der Waals surface area contributed by atoms with Crippen molar-refractivity contribution in [1.29, 1.82) is 21.0 Å². The van der Waals surface area contributed by atoms with Crippen molar-refractivity contribution in [1.82, 2.24) is 0 Å². The first-order valence-electron chi connectivity index (χ1n) is 15.0. The third-order valence-corrected chi connectivity index (χ3v) is 10.8. The summed E-state index contributed by atoms with van der Waals surface area (Å²) in [6.07, 6.45) is 2.18. The first kappa shape index (κ1) is 38.9. The van der Waals surface area contributed by atoms with Crippen LogP contribution in [0.1, 0.15) is 33.4 Å². The molecule has 0 bridgehead atoms. The minimum absolute atomic E-state index is 0. The van der Waals surface area contributed by atoms with Gasteiger partial charge in [0.25, 0.3) is 0 Å². The Bertz CT molecular complexity index is 1810. The molecule has 0 unspecified atom stereocenters. The smallest absolute Gasteiger partial charge is 0.285 e. The van der Waals surface area contributed by atoms with Crippen molar-refractivity contribution >= 4 is 29.4 Å². The Hall–Kier alpha value is -5.28. The summed E-state index contributed by atoms with van der Waals surface area (Å²) in [5.41, 5.74) is 7.65. The molecule has 0 fully saturated rings. The van der Waals surface area contributed by atoms with Gasteiger partial charge in [-0.15, -0.1) is 5.57 Å². The van der Waals surface area contributed by atoms with Gasteiger partial charge < -0.3 is 0 Å². The van der Waals surface area contributed by atoms with Gasteiger partial charge >= 0.3 is 19.5 Å². The third-order valence-electron chi connectivity index (χ3n) is 8.08. The van der Waals surface area contributed by atoms with E-state index < -0.39 is 7.92 Å². The Balaban J connectivity index is 0.000000259. The normalized spacial score (nSPS) is 9.83. The van der Waals surface area contributed by atoms with Crippen LogP contribution < -0.4 is 15.9 Å². The van der Waals surface area contributed by atoms with E-state index in [2.05, 4.69) is 132 Å². The van der Waals surface area contributed by atoms with Crippen LogP contribution in [-0.2, 0) is 19.5 Å². The molecule has 6 heteroatoms. The predicted molar refractivity (Wildman–Crippen MR) is 195 cm³/mol. The van der Waals surface area contributed by atoms with Crippen molar-refractivity contribution in [2.45, 2.75) is 34.6 Å². The summed E-state index contributed by atoms with van der Waals surface area (Å²) in [5.74, 6) is 0. The second-order valence-electron chi connectivity index (χ2n) is 10.7. The predicted octanol–water partition coefficient (Wildman–Crippen LogP) is 8.39. The van der Waals surface area contributed by atoms with E-state index >= 15 is 0 Å². The van der Waals surface area contributed by atoms with Crippen LogP contribution in [0.25, 0.3) is 5.57 Å². The van der Waals surface area contributed by atoms with E-state index in [1.54, 1.807) is 54.6 Å². The summed E-state index contributed by atoms with van der Waals surface area (Å²) in [5, 5.41) is 39.7. The average molecular weight is 729 g/mol. The summed E-state index contributed by atoms with van der Waals surface area (Å²) in [6.45, 7) is 11.0. The van der Waals surface area contributed by atoms with Crippen LogP contribution >= 0.6 is 7.92 Å². The Morgan fingerprint density at radius 1 is 0.562 bits per heavy atom. The molecule has 0 atom stereocenters.